The Morgan fingerprint density at radius 3 is 2.70 bits per heavy atom. The number of aromatic carboxylic acids is 1. The van der Waals surface area contributed by atoms with E-state index in [4.69, 9.17) is 0 Å². The second-order valence-electron chi connectivity index (χ2n) is 6.57. The highest BCUT2D eigenvalue weighted by Crippen LogP contribution is 2.32. The zero-order chi connectivity index (χ0) is 19.0. The van der Waals surface area contributed by atoms with E-state index in [-0.39, 0.29) is 18.0 Å². The average molecular weight is 364 g/mol. The first-order valence-corrected chi connectivity index (χ1v) is 8.73. The first-order chi connectivity index (χ1) is 13.0. The topological polar surface area (TPSA) is 70.5 Å². The minimum Gasteiger partial charge on any atom is -0.478 e. The number of para-hydroxylation sites is 1. The van der Waals surface area contributed by atoms with Crippen molar-refractivity contribution in [1.82, 2.24) is 9.88 Å². The molecule has 1 aromatic heterocycles. The summed E-state index contributed by atoms with van der Waals surface area (Å²) in [7, 11) is 0. The fourth-order valence-corrected chi connectivity index (χ4v) is 3.59. The molecule has 0 spiro atoms. The van der Waals surface area contributed by atoms with Crippen LogP contribution in [0.1, 0.15) is 28.8 Å². The Balaban J connectivity index is 2.00. The lowest BCUT2D eigenvalue weighted by Gasteiger charge is -2.21. The lowest BCUT2D eigenvalue weighted by Crippen LogP contribution is -2.26. The highest BCUT2D eigenvalue weighted by molar-refractivity contribution is 6.05. The van der Waals surface area contributed by atoms with E-state index < -0.39 is 11.8 Å². The maximum absolute atomic E-state index is 13.8. The monoisotopic (exact) mass is 364 g/mol. The van der Waals surface area contributed by atoms with E-state index in [9.17, 15) is 19.1 Å². The molecule has 6 heteroatoms. The first kappa shape index (κ1) is 17.1. The number of carboxylic acids is 1. The molecule has 2 heterocycles. The summed E-state index contributed by atoms with van der Waals surface area (Å²) in [6.07, 6.45) is 1.20. The maximum atomic E-state index is 13.8. The molecule has 0 unspecified atom stereocenters. The number of nitrogens with zero attached hydrogens (tertiary/aromatic N) is 2. The second-order valence-corrected chi connectivity index (χ2v) is 6.57. The number of aromatic nitrogens is 1. The summed E-state index contributed by atoms with van der Waals surface area (Å²) in [4.78, 5) is 30.5. The molecule has 27 heavy (non-hydrogen) atoms. The quantitative estimate of drug-likeness (QED) is 0.763. The van der Waals surface area contributed by atoms with Crippen LogP contribution in [0.25, 0.3) is 22.2 Å². The summed E-state index contributed by atoms with van der Waals surface area (Å²) >= 11 is 0. The molecule has 0 bridgehead atoms. The second kappa shape index (κ2) is 6.79. The number of carboxylic acid groups (broad SMARTS) is 1. The summed E-state index contributed by atoms with van der Waals surface area (Å²) < 4.78 is 13.8. The van der Waals surface area contributed by atoms with Crippen LogP contribution in [0.2, 0.25) is 0 Å². The van der Waals surface area contributed by atoms with Gasteiger partial charge >= 0.3 is 5.97 Å². The predicted molar refractivity (Wildman–Crippen MR) is 98.7 cm³/mol. The van der Waals surface area contributed by atoms with E-state index in [1.54, 1.807) is 41.3 Å². The van der Waals surface area contributed by atoms with Gasteiger partial charge < -0.3 is 10.0 Å². The SMILES string of the molecule is O=C(O)c1c(CN2CCCC2=O)c(-c2cccc(F)c2)nc2ccccc12. The first-order valence-electron chi connectivity index (χ1n) is 8.73. The van der Waals surface area contributed by atoms with Crippen LogP contribution in [0.15, 0.2) is 48.5 Å². The van der Waals surface area contributed by atoms with Gasteiger partial charge in [-0.25, -0.2) is 14.2 Å². The van der Waals surface area contributed by atoms with Crippen molar-refractivity contribution < 1.29 is 19.1 Å². The largest absolute Gasteiger partial charge is 0.478 e. The van der Waals surface area contributed by atoms with Crippen molar-refractivity contribution in [2.45, 2.75) is 19.4 Å². The van der Waals surface area contributed by atoms with Crippen LogP contribution in [0.4, 0.5) is 4.39 Å². The Bertz CT molecular complexity index is 1060. The number of pyridine rings is 1. The molecule has 0 atom stereocenters. The number of fused-ring (bicyclic) bond motifs is 1. The molecule has 4 rings (SSSR count). The number of amides is 1. The smallest absolute Gasteiger partial charge is 0.336 e. The van der Waals surface area contributed by atoms with Crippen molar-refractivity contribution in [2.24, 2.45) is 0 Å². The zero-order valence-corrected chi connectivity index (χ0v) is 14.5. The van der Waals surface area contributed by atoms with Crippen LogP contribution in [0, 0.1) is 5.82 Å². The van der Waals surface area contributed by atoms with Gasteiger partial charge in [0.2, 0.25) is 5.91 Å². The Kier molecular flexibility index (Phi) is 4.32. The van der Waals surface area contributed by atoms with Crippen LogP contribution < -0.4 is 0 Å². The molecule has 0 saturated carbocycles. The lowest BCUT2D eigenvalue weighted by molar-refractivity contribution is -0.128. The number of hydrogen-bond donors (Lipinski definition) is 1. The van der Waals surface area contributed by atoms with Crippen molar-refractivity contribution in [2.75, 3.05) is 6.54 Å². The minimum atomic E-state index is -1.09. The van der Waals surface area contributed by atoms with Crippen LogP contribution in [0.5, 0.6) is 0 Å². The summed E-state index contributed by atoms with van der Waals surface area (Å²) in [6, 6.07) is 12.9. The minimum absolute atomic E-state index is 0.00955. The molecule has 1 amide bonds. The predicted octanol–water partition coefficient (Wildman–Crippen LogP) is 3.86. The van der Waals surface area contributed by atoms with E-state index in [1.165, 1.54) is 12.1 Å². The number of hydrogen-bond acceptors (Lipinski definition) is 3. The highest BCUT2D eigenvalue weighted by atomic mass is 19.1. The number of benzene rings is 2. The molecule has 1 aliphatic heterocycles. The van der Waals surface area contributed by atoms with Gasteiger partial charge in [-0.15, -0.1) is 0 Å². The van der Waals surface area contributed by atoms with Crippen LogP contribution in [0.3, 0.4) is 0 Å². The number of carbonyl (C=O) groups excluding carboxylic acids is 1. The van der Waals surface area contributed by atoms with Gasteiger partial charge in [-0.1, -0.05) is 30.3 Å². The van der Waals surface area contributed by atoms with Crippen molar-refractivity contribution >= 4 is 22.8 Å². The Hall–Kier alpha value is -3.28. The van der Waals surface area contributed by atoms with Crippen LogP contribution in [-0.2, 0) is 11.3 Å². The Morgan fingerprint density at radius 2 is 2.00 bits per heavy atom. The van der Waals surface area contributed by atoms with E-state index in [0.29, 0.717) is 40.7 Å². The van der Waals surface area contributed by atoms with E-state index in [2.05, 4.69) is 4.98 Å². The third-order valence-electron chi connectivity index (χ3n) is 4.83. The molecule has 1 N–H and O–H groups in total. The van der Waals surface area contributed by atoms with Crippen molar-refractivity contribution in [3.63, 3.8) is 0 Å². The molecular formula is C21H17FN2O3. The van der Waals surface area contributed by atoms with Gasteiger partial charge in [0.15, 0.2) is 0 Å². The maximum Gasteiger partial charge on any atom is 0.336 e. The molecule has 1 fully saturated rings. The van der Waals surface area contributed by atoms with Gasteiger partial charge in [0.25, 0.3) is 0 Å². The van der Waals surface area contributed by atoms with Gasteiger partial charge in [0.1, 0.15) is 5.82 Å². The molecule has 1 aliphatic rings. The van der Waals surface area contributed by atoms with Crippen LogP contribution >= 0.6 is 0 Å². The normalized spacial score (nSPS) is 14.1. The van der Waals surface area contributed by atoms with Crippen molar-refractivity contribution in [1.29, 1.82) is 0 Å². The third-order valence-corrected chi connectivity index (χ3v) is 4.83. The van der Waals surface area contributed by atoms with Gasteiger partial charge in [-0.3, -0.25) is 4.79 Å². The third kappa shape index (κ3) is 3.14. The van der Waals surface area contributed by atoms with E-state index in [1.807, 2.05) is 0 Å². The fourth-order valence-electron chi connectivity index (χ4n) is 3.59. The molecule has 0 radical (unpaired) electrons. The highest BCUT2D eigenvalue weighted by Gasteiger charge is 2.27. The summed E-state index contributed by atoms with van der Waals surface area (Å²) in [6.45, 7) is 0.720. The zero-order valence-electron chi connectivity index (χ0n) is 14.5. The average Bonchev–Trinajstić information content (AvgIpc) is 3.05. The molecule has 3 aromatic rings. The molecular weight excluding hydrogens is 347 g/mol. The summed E-state index contributed by atoms with van der Waals surface area (Å²) in [5.74, 6) is -1.53. The van der Waals surface area contributed by atoms with E-state index in [0.717, 1.165) is 6.42 Å². The number of rotatable bonds is 4. The Labute approximate surface area is 155 Å². The van der Waals surface area contributed by atoms with Crippen molar-refractivity contribution in [3.05, 3.63) is 65.5 Å². The van der Waals surface area contributed by atoms with Crippen molar-refractivity contribution in [3.8, 4) is 11.3 Å². The number of carbonyl (C=O) groups is 2. The van der Waals surface area contributed by atoms with Gasteiger partial charge in [-0.05, 0) is 24.6 Å². The standard InChI is InChI=1S/C21H17FN2O3/c22-14-6-3-5-13(11-14)20-16(12-24-10-4-9-18(24)25)19(21(26)27)15-7-1-2-8-17(15)23-20/h1-3,5-8,11H,4,9-10,12H2,(H,26,27). The fraction of sp³-hybridized carbons (Fsp3) is 0.190. The molecule has 5 nitrogen and oxygen atoms in total. The summed E-state index contributed by atoms with van der Waals surface area (Å²) in [5, 5.41) is 10.4. The van der Waals surface area contributed by atoms with Gasteiger partial charge in [-0.2, -0.15) is 0 Å². The Morgan fingerprint density at radius 1 is 1.19 bits per heavy atom. The number of likely N-dealkylation sites (tertiary alicyclic amines) is 1. The summed E-state index contributed by atoms with van der Waals surface area (Å²) in [5.41, 5.74) is 1.95. The van der Waals surface area contributed by atoms with E-state index >= 15 is 0 Å². The molecule has 1 saturated heterocycles. The molecule has 0 aliphatic carbocycles. The lowest BCUT2D eigenvalue weighted by atomic mass is 9.96. The van der Waals surface area contributed by atoms with Crippen LogP contribution in [-0.4, -0.2) is 33.4 Å². The molecule has 2 aromatic carbocycles. The van der Waals surface area contributed by atoms with Gasteiger partial charge in [0.05, 0.1) is 16.8 Å². The number of halogens is 1. The molecule has 136 valence electrons. The van der Waals surface area contributed by atoms with Gasteiger partial charge in [0, 0.05) is 36.0 Å².